The Kier molecular flexibility index (Phi) is 6.33. The molecule has 53 heavy (non-hydrogen) atoms. The summed E-state index contributed by atoms with van der Waals surface area (Å²) in [7, 11) is 0. The van der Waals surface area contributed by atoms with Gasteiger partial charge in [-0.1, -0.05) is 123 Å². The van der Waals surface area contributed by atoms with Gasteiger partial charge in [-0.15, -0.1) is 0 Å². The lowest BCUT2D eigenvalue weighted by Crippen LogP contribution is -2.14. The molecule has 252 valence electrons. The second-order valence-corrected chi connectivity index (χ2v) is 14.7. The molecule has 0 saturated carbocycles. The molecule has 2 aliphatic rings. The molecule has 1 aliphatic carbocycles. The monoisotopic (exact) mass is 682 g/mol. The van der Waals surface area contributed by atoms with Crippen LogP contribution in [0.1, 0.15) is 36.8 Å². The highest BCUT2D eigenvalue weighted by Crippen LogP contribution is 2.53. The molecule has 0 amide bonds. The highest BCUT2D eigenvalue weighted by molar-refractivity contribution is 6.22. The molecule has 11 rings (SSSR count). The highest BCUT2D eigenvalue weighted by atomic mass is 16.5. The maximum atomic E-state index is 6.28. The van der Waals surface area contributed by atoms with Gasteiger partial charge in [0.25, 0.3) is 0 Å². The van der Waals surface area contributed by atoms with Gasteiger partial charge in [-0.05, 0) is 115 Å². The van der Waals surface area contributed by atoms with E-state index in [0.717, 1.165) is 39.2 Å². The van der Waals surface area contributed by atoms with Crippen LogP contribution in [-0.4, -0.2) is 4.98 Å². The van der Waals surface area contributed by atoms with Gasteiger partial charge in [0.05, 0.1) is 5.69 Å². The Balaban J connectivity index is 1.12. The van der Waals surface area contributed by atoms with Gasteiger partial charge in [-0.3, -0.25) is 0 Å². The predicted molar refractivity (Wildman–Crippen MR) is 216 cm³/mol. The lowest BCUT2D eigenvalue weighted by atomic mass is 9.79. The molecule has 8 aromatic carbocycles. The van der Waals surface area contributed by atoms with Gasteiger partial charge in [-0.25, -0.2) is 4.98 Å². The lowest BCUT2D eigenvalue weighted by molar-refractivity contribution is 0.260. The molecule has 1 aromatic heterocycles. The fraction of sp³-hybridized carbons (Fsp3) is 0.0816. The van der Waals surface area contributed by atoms with Gasteiger partial charge in [0.2, 0.25) is 5.89 Å². The van der Waals surface area contributed by atoms with Crippen molar-refractivity contribution in [1.29, 1.82) is 0 Å². The number of para-hydroxylation sites is 4. The fourth-order valence-electron chi connectivity index (χ4n) is 8.73. The van der Waals surface area contributed by atoms with Crippen LogP contribution in [0.4, 0.5) is 5.69 Å². The summed E-state index contributed by atoms with van der Waals surface area (Å²) in [5.41, 5.74) is 14.7. The highest BCUT2D eigenvalue weighted by Gasteiger charge is 2.36. The first-order valence-corrected chi connectivity index (χ1v) is 18.2. The summed E-state index contributed by atoms with van der Waals surface area (Å²) in [6.45, 7) is 4.72. The number of anilines is 1. The van der Waals surface area contributed by atoms with E-state index in [0.29, 0.717) is 5.89 Å². The maximum absolute atomic E-state index is 6.28. The quantitative estimate of drug-likeness (QED) is 0.188. The minimum Gasteiger partial charge on any atom is -0.464 e. The van der Waals surface area contributed by atoms with Crippen molar-refractivity contribution in [1.82, 2.24) is 4.98 Å². The predicted octanol–water partition coefficient (Wildman–Crippen LogP) is 12.9. The third-order valence-electron chi connectivity index (χ3n) is 11.4. The topological polar surface area (TPSA) is 47.3 Å². The maximum Gasteiger partial charge on any atom is 0.227 e. The van der Waals surface area contributed by atoms with E-state index in [-0.39, 0.29) is 11.6 Å². The molecule has 0 bridgehead atoms. The number of rotatable bonds is 4. The van der Waals surface area contributed by atoms with Crippen molar-refractivity contribution in [2.75, 3.05) is 5.32 Å². The molecule has 0 saturated heterocycles. The van der Waals surface area contributed by atoms with Crippen LogP contribution in [-0.2, 0) is 5.41 Å². The summed E-state index contributed by atoms with van der Waals surface area (Å²) in [6, 6.07) is 56.4. The molecule has 4 nitrogen and oxygen atoms in total. The van der Waals surface area contributed by atoms with Crippen LogP contribution >= 0.6 is 0 Å². The molecule has 4 heteroatoms. The zero-order chi connectivity index (χ0) is 35.3. The van der Waals surface area contributed by atoms with Crippen molar-refractivity contribution in [3.05, 3.63) is 174 Å². The van der Waals surface area contributed by atoms with Crippen molar-refractivity contribution in [3.63, 3.8) is 0 Å². The van der Waals surface area contributed by atoms with E-state index in [4.69, 9.17) is 14.1 Å². The Hall–Kier alpha value is -6.65. The molecule has 0 fully saturated rings. The molecule has 1 unspecified atom stereocenters. The van der Waals surface area contributed by atoms with Crippen molar-refractivity contribution in [2.24, 2.45) is 0 Å². The van der Waals surface area contributed by atoms with E-state index in [2.05, 4.69) is 134 Å². The number of hydrogen-bond acceptors (Lipinski definition) is 4. The van der Waals surface area contributed by atoms with E-state index in [1.54, 1.807) is 0 Å². The van der Waals surface area contributed by atoms with Gasteiger partial charge in [0, 0.05) is 16.5 Å². The molecule has 0 radical (unpaired) electrons. The van der Waals surface area contributed by atoms with Crippen LogP contribution in [0.15, 0.2) is 162 Å². The van der Waals surface area contributed by atoms with Crippen molar-refractivity contribution < 1.29 is 9.15 Å². The Morgan fingerprint density at radius 2 is 1.17 bits per heavy atom. The minimum atomic E-state index is -0.225. The standard InChI is InChI=1S/C49H34N2O2/c1-49(2)39-14-6-5-11-33(39)36-27-37-38(28-40(36)49)46(30-21-25-32(26-22-30)48-51-42-16-8-10-18-44(42)53-48)35-13-4-3-12-34(35)45(37)29-19-23-31(24-20-29)47-50-41-15-7-9-17-43(41)52-47/h3-28,47,50H,1-2H3. The minimum absolute atomic E-state index is 0.131. The van der Waals surface area contributed by atoms with E-state index in [1.165, 1.54) is 60.5 Å². The van der Waals surface area contributed by atoms with Gasteiger partial charge in [-0.2, -0.15) is 0 Å². The second kappa shape index (κ2) is 11.2. The van der Waals surface area contributed by atoms with E-state index < -0.39 is 0 Å². The van der Waals surface area contributed by atoms with Crippen molar-refractivity contribution in [2.45, 2.75) is 25.5 Å². The molecule has 0 spiro atoms. The lowest BCUT2D eigenvalue weighted by Gasteiger charge is -2.24. The number of hydrogen-bond donors (Lipinski definition) is 1. The zero-order valence-corrected chi connectivity index (χ0v) is 29.4. The second-order valence-electron chi connectivity index (χ2n) is 14.7. The van der Waals surface area contributed by atoms with Gasteiger partial charge < -0.3 is 14.5 Å². The zero-order valence-electron chi connectivity index (χ0n) is 29.4. The van der Waals surface area contributed by atoms with Gasteiger partial charge >= 0.3 is 0 Å². The summed E-state index contributed by atoms with van der Waals surface area (Å²) in [5, 5.41) is 8.45. The Morgan fingerprint density at radius 3 is 1.92 bits per heavy atom. The Morgan fingerprint density at radius 1 is 0.547 bits per heavy atom. The van der Waals surface area contributed by atoms with Crippen molar-refractivity contribution in [3.8, 4) is 50.6 Å². The van der Waals surface area contributed by atoms with E-state index >= 15 is 0 Å². The van der Waals surface area contributed by atoms with Crippen molar-refractivity contribution >= 4 is 38.3 Å². The smallest absolute Gasteiger partial charge is 0.227 e. The van der Waals surface area contributed by atoms with E-state index in [1.807, 2.05) is 42.5 Å². The summed E-state index contributed by atoms with van der Waals surface area (Å²) >= 11 is 0. The molecule has 1 atom stereocenters. The number of aromatic nitrogens is 1. The Labute approximate surface area is 307 Å². The average molecular weight is 683 g/mol. The van der Waals surface area contributed by atoms with Crippen LogP contribution in [0.5, 0.6) is 5.75 Å². The molecule has 1 aliphatic heterocycles. The first-order valence-electron chi connectivity index (χ1n) is 18.2. The number of benzene rings is 8. The molecule has 1 N–H and O–H groups in total. The average Bonchev–Trinajstić information content (AvgIpc) is 3.90. The summed E-state index contributed by atoms with van der Waals surface area (Å²) in [6.07, 6.45) is -0.225. The van der Waals surface area contributed by atoms with Crippen LogP contribution in [0.2, 0.25) is 0 Å². The number of fused-ring (bicyclic) bond motifs is 7. The van der Waals surface area contributed by atoms with Gasteiger partial charge in [0.15, 0.2) is 11.8 Å². The summed E-state index contributed by atoms with van der Waals surface area (Å²) < 4.78 is 12.4. The first-order chi connectivity index (χ1) is 26.0. The molecular formula is C49H34N2O2. The number of oxazole rings is 1. The Bertz CT molecular complexity index is 2860. The molecule has 9 aromatic rings. The normalized spacial score (nSPS) is 15.2. The largest absolute Gasteiger partial charge is 0.464 e. The van der Waals surface area contributed by atoms with E-state index in [9.17, 15) is 0 Å². The van der Waals surface area contributed by atoms with Gasteiger partial charge in [0.1, 0.15) is 11.3 Å². The fourth-order valence-corrected chi connectivity index (χ4v) is 8.73. The van der Waals surface area contributed by atoms with Crippen LogP contribution in [0.3, 0.4) is 0 Å². The van der Waals surface area contributed by atoms with Crippen LogP contribution in [0, 0.1) is 0 Å². The van der Waals surface area contributed by atoms with Crippen LogP contribution < -0.4 is 10.1 Å². The summed E-state index contributed by atoms with van der Waals surface area (Å²) in [5.74, 6) is 1.51. The third-order valence-corrected chi connectivity index (χ3v) is 11.4. The van der Waals surface area contributed by atoms with Crippen LogP contribution in [0.25, 0.3) is 77.5 Å². The number of ether oxygens (including phenoxy) is 1. The summed E-state index contributed by atoms with van der Waals surface area (Å²) in [4.78, 5) is 4.77. The first kappa shape index (κ1) is 30.0. The third kappa shape index (κ3) is 4.52. The number of nitrogens with zero attached hydrogens (tertiary/aromatic N) is 1. The SMILES string of the molecule is CC1(C)c2ccccc2-c2cc3c(-c4ccc(C5Nc6ccccc6O5)cc4)c4ccccc4c(-c4ccc(-c5nc6ccccc6o5)cc4)c3cc21. The molecular weight excluding hydrogens is 649 g/mol. The number of nitrogens with one attached hydrogen (secondary N) is 1. The molecule has 2 heterocycles.